The van der Waals surface area contributed by atoms with Gasteiger partial charge in [0.25, 0.3) is 11.6 Å². The standard InChI is InChI=1S/C16H14N4O3/c1-10-7-12(8-13(9-17)16(18)21)11(2)19(10)14-3-5-15(6-4-14)20(22)23/h3-8H,1-2H3,(H2,18,21)/b13-8+. The Bertz CT molecular complexity index is 855. The second-order valence-electron chi connectivity index (χ2n) is 4.97. The summed E-state index contributed by atoms with van der Waals surface area (Å²) in [6, 6.07) is 9.72. The molecule has 1 aromatic carbocycles. The molecule has 0 saturated heterocycles. The number of nitro benzene ring substituents is 1. The number of non-ortho nitro benzene ring substituents is 1. The number of nitrogens with two attached hydrogens (primary N) is 1. The van der Waals surface area contributed by atoms with Crippen LogP contribution >= 0.6 is 0 Å². The van der Waals surface area contributed by atoms with Crippen molar-refractivity contribution in [1.82, 2.24) is 4.57 Å². The summed E-state index contributed by atoms with van der Waals surface area (Å²) in [4.78, 5) is 21.4. The van der Waals surface area contributed by atoms with Gasteiger partial charge in [-0.3, -0.25) is 14.9 Å². The molecule has 2 N–H and O–H groups in total. The van der Waals surface area contributed by atoms with Crippen LogP contribution in [0.2, 0.25) is 0 Å². The molecule has 23 heavy (non-hydrogen) atoms. The highest BCUT2D eigenvalue weighted by Crippen LogP contribution is 2.24. The number of aromatic nitrogens is 1. The van der Waals surface area contributed by atoms with Crippen molar-refractivity contribution in [3.63, 3.8) is 0 Å². The average molecular weight is 310 g/mol. The molecule has 1 aromatic heterocycles. The van der Waals surface area contributed by atoms with Gasteiger partial charge in [0, 0.05) is 29.2 Å². The molecular formula is C16H14N4O3. The highest BCUT2D eigenvalue weighted by Gasteiger charge is 2.13. The number of nitrogens with zero attached hydrogens (tertiary/aromatic N) is 3. The van der Waals surface area contributed by atoms with Crippen LogP contribution in [-0.4, -0.2) is 15.4 Å². The number of carbonyl (C=O) groups is 1. The van der Waals surface area contributed by atoms with E-state index in [0.717, 1.165) is 17.1 Å². The first-order valence-corrected chi connectivity index (χ1v) is 6.70. The molecule has 116 valence electrons. The molecule has 0 unspecified atom stereocenters. The van der Waals surface area contributed by atoms with Gasteiger partial charge in [0.1, 0.15) is 11.6 Å². The van der Waals surface area contributed by atoms with Gasteiger partial charge in [0.15, 0.2) is 0 Å². The van der Waals surface area contributed by atoms with Gasteiger partial charge in [-0.05, 0) is 43.7 Å². The van der Waals surface area contributed by atoms with Crippen LogP contribution in [0.1, 0.15) is 17.0 Å². The van der Waals surface area contributed by atoms with Crippen LogP contribution in [0.3, 0.4) is 0 Å². The topological polar surface area (TPSA) is 115 Å². The Hall–Kier alpha value is -3.40. The molecule has 0 bridgehead atoms. The summed E-state index contributed by atoms with van der Waals surface area (Å²) < 4.78 is 1.88. The molecule has 0 aliphatic rings. The van der Waals surface area contributed by atoms with Crippen LogP contribution in [0.25, 0.3) is 11.8 Å². The number of hydrogen-bond donors (Lipinski definition) is 1. The third-order valence-corrected chi connectivity index (χ3v) is 3.47. The summed E-state index contributed by atoms with van der Waals surface area (Å²) in [5, 5.41) is 19.7. The Morgan fingerprint density at radius 1 is 1.35 bits per heavy atom. The smallest absolute Gasteiger partial charge is 0.269 e. The lowest BCUT2D eigenvalue weighted by Crippen LogP contribution is -2.12. The summed E-state index contributed by atoms with van der Waals surface area (Å²) in [6.45, 7) is 3.69. The number of amides is 1. The van der Waals surface area contributed by atoms with Gasteiger partial charge < -0.3 is 10.3 Å². The predicted molar refractivity (Wildman–Crippen MR) is 84.7 cm³/mol. The number of benzene rings is 1. The molecule has 0 radical (unpaired) electrons. The van der Waals surface area contributed by atoms with Gasteiger partial charge in [0.2, 0.25) is 0 Å². The van der Waals surface area contributed by atoms with E-state index in [4.69, 9.17) is 11.0 Å². The SMILES string of the molecule is Cc1cc(/C=C(\C#N)C(N)=O)c(C)n1-c1ccc([N+](=O)[O-])cc1. The van der Waals surface area contributed by atoms with Crippen molar-refractivity contribution in [2.24, 2.45) is 5.73 Å². The number of nitriles is 1. The van der Waals surface area contributed by atoms with E-state index in [9.17, 15) is 14.9 Å². The molecule has 1 amide bonds. The molecule has 0 saturated carbocycles. The minimum absolute atomic E-state index is 0.0110. The van der Waals surface area contributed by atoms with Crippen LogP contribution in [0, 0.1) is 35.3 Å². The Balaban J connectivity index is 2.52. The molecule has 1 heterocycles. The van der Waals surface area contributed by atoms with Crippen LogP contribution in [0.4, 0.5) is 5.69 Å². The van der Waals surface area contributed by atoms with Gasteiger partial charge in [-0.1, -0.05) is 0 Å². The Kier molecular flexibility index (Phi) is 4.27. The van der Waals surface area contributed by atoms with Gasteiger partial charge in [-0.25, -0.2) is 0 Å². The van der Waals surface area contributed by atoms with Crippen LogP contribution in [-0.2, 0) is 4.79 Å². The summed E-state index contributed by atoms with van der Waals surface area (Å²) in [6.07, 6.45) is 1.44. The van der Waals surface area contributed by atoms with Gasteiger partial charge in [-0.15, -0.1) is 0 Å². The number of aryl methyl sites for hydroxylation is 1. The minimum atomic E-state index is -0.785. The zero-order valence-electron chi connectivity index (χ0n) is 12.6. The van der Waals surface area contributed by atoms with Crippen LogP contribution in [0.5, 0.6) is 0 Å². The maximum Gasteiger partial charge on any atom is 0.269 e. The van der Waals surface area contributed by atoms with E-state index in [1.807, 2.05) is 24.5 Å². The molecule has 0 spiro atoms. The fourth-order valence-electron chi connectivity index (χ4n) is 2.37. The van der Waals surface area contributed by atoms with Crippen molar-refractivity contribution < 1.29 is 9.72 Å². The van der Waals surface area contributed by atoms with Crippen molar-refractivity contribution in [2.75, 3.05) is 0 Å². The van der Waals surface area contributed by atoms with Crippen LogP contribution < -0.4 is 5.73 Å². The molecule has 0 fully saturated rings. The Morgan fingerprint density at radius 3 is 2.43 bits per heavy atom. The van der Waals surface area contributed by atoms with E-state index < -0.39 is 10.8 Å². The lowest BCUT2D eigenvalue weighted by Gasteiger charge is -2.09. The lowest BCUT2D eigenvalue weighted by atomic mass is 10.1. The third-order valence-electron chi connectivity index (χ3n) is 3.47. The first-order valence-electron chi connectivity index (χ1n) is 6.70. The first kappa shape index (κ1) is 16.0. The normalized spacial score (nSPS) is 11.1. The van der Waals surface area contributed by atoms with E-state index in [-0.39, 0.29) is 11.3 Å². The molecular weight excluding hydrogens is 296 g/mol. The molecule has 2 aromatic rings. The fourth-order valence-corrected chi connectivity index (χ4v) is 2.37. The summed E-state index contributed by atoms with van der Waals surface area (Å²) in [5.74, 6) is -0.785. The van der Waals surface area contributed by atoms with Crippen molar-refractivity contribution in [3.05, 3.63) is 63.0 Å². The molecule has 7 nitrogen and oxygen atoms in total. The van der Waals surface area contributed by atoms with Gasteiger partial charge in [-0.2, -0.15) is 5.26 Å². The largest absolute Gasteiger partial charge is 0.365 e. The van der Waals surface area contributed by atoms with Crippen molar-refractivity contribution >= 4 is 17.7 Å². The quantitative estimate of drug-likeness (QED) is 0.404. The van der Waals surface area contributed by atoms with E-state index in [1.54, 1.807) is 18.2 Å². The minimum Gasteiger partial charge on any atom is -0.365 e. The zero-order chi connectivity index (χ0) is 17.1. The van der Waals surface area contributed by atoms with Gasteiger partial charge in [0.05, 0.1) is 4.92 Å². The lowest BCUT2D eigenvalue weighted by molar-refractivity contribution is -0.384. The van der Waals surface area contributed by atoms with Crippen LogP contribution in [0.15, 0.2) is 35.9 Å². The number of nitro groups is 1. The molecule has 0 aliphatic carbocycles. The fraction of sp³-hybridized carbons (Fsp3) is 0.125. The Morgan fingerprint density at radius 2 is 1.96 bits per heavy atom. The first-order chi connectivity index (χ1) is 10.8. The number of primary amides is 1. The molecule has 2 rings (SSSR count). The number of carbonyl (C=O) groups excluding carboxylic acids is 1. The van der Waals surface area contributed by atoms with Crippen molar-refractivity contribution in [3.8, 4) is 11.8 Å². The Labute approximate surface area is 132 Å². The predicted octanol–water partition coefficient (Wildman–Crippen LogP) is 2.39. The maximum atomic E-state index is 11.2. The molecule has 7 heteroatoms. The summed E-state index contributed by atoms with van der Waals surface area (Å²) in [7, 11) is 0. The van der Waals surface area contributed by atoms with Crippen molar-refractivity contribution in [2.45, 2.75) is 13.8 Å². The molecule has 0 atom stereocenters. The average Bonchev–Trinajstić information content (AvgIpc) is 2.78. The second kappa shape index (κ2) is 6.15. The summed E-state index contributed by atoms with van der Waals surface area (Å²) >= 11 is 0. The van der Waals surface area contributed by atoms with E-state index >= 15 is 0 Å². The van der Waals surface area contributed by atoms with Crippen molar-refractivity contribution in [1.29, 1.82) is 5.26 Å². The monoisotopic (exact) mass is 310 g/mol. The molecule has 0 aliphatic heterocycles. The maximum absolute atomic E-state index is 11.2. The summed E-state index contributed by atoms with van der Waals surface area (Å²) in [5.41, 5.74) is 8.13. The third kappa shape index (κ3) is 3.11. The van der Waals surface area contributed by atoms with Gasteiger partial charge >= 0.3 is 0 Å². The number of hydrogen-bond acceptors (Lipinski definition) is 4. The van der Waals surface area contributed by atoms with E-state index in [0.29, 0.717) is 5.56 Å². The highest BCUT2D eigenvalue weighted by atomic mass is 16.6. The number of rotatable bonds is 4. The highest BCUT2D eigenvalue weighted by molar-refractivity contribution is 6.00. The van der Waals surface area contributed by atoms with E-state index in [2.05, 4.69) is 0 Å². The second-order valence-corrected chi connectivity index (χ2v) is 4.97. The van der Waals surface area contributed by atoms with E-state index in [1.165, 1.54) is 18.2 Å². The zero-order valence-corrected chi connectivity index (χ0v) is 12.6.